The number of carboxylic acids is 1. The van der Waals surface area contributed by atoms with Crippen LogP contribution in [0.3, 0.4) is 0 Å². The molecule has 0 saturated carbocycles. The summed E-state index contributed by atoms with van der Waals surface area (Å²) in [5.41, 5.74) is -0.222. The number of hydrogen-bond acceptors (Lipinski definition) is 6. The minimum absolute atomic E-state index is 0.108. The normalized spacial score (nSPS) is 23.2. The van der Waals surface area contributed by atoms with Gasteiger partial charge in [-0.15, -0.1) is 11.3 Å². The van der Waals surface area contributed by atoms with Crippen LogP contribution < -0.4 is 5.32 Å². The number of nitrogens with zero attached hydrogens (tertiary/aromatic N) is 1. The van der Waals surface area contributed by atoms with Crippen molar-refractivity contribution in [3.8, 4) is 0 Å². The van der Waals surface area contributed by atoms with E-state index < -0.39 is 5.97 Å². The molecule has 1 aromatic rings. The van der Waals surface area contributed by atoms with Crippen LogP contribution in [0.2, 0.25) is 0 Å². The lowest BCUT2D eigenvalue weighted by molar-refractivity contribution is -0.00620. The molecule has 0 amide bonds. The van der Waals surface area contributed by atoms with Gasteiger partial charge in [0.1, 0.15) is 5.60 Å². The van der Waals surface area contributed by atoms with Gasteiger partial charge in [-0.25, -0.2) is 9.78 Å². The minimum atomic E-state index is -0.998. The highest BCUT2D eigenvalue weighted by Crippen LogP contribution is 2.26. The molecule has 1 aliphatic heterocycles. The molecule has 2 N–H and O–H groups in total. The second-order valence-electron chi connectivity index (χ2n) is 4.27. The molecule has 0 aliphatic carbocycles. The van der Waals surface area contributed by atoms with E-state index in [1.807, 2.05) is 0 Å². The summed E-state index contributed by atoms with van der Waals surface area (Å²) in [6.07, 6.45) is 0.826. The molecule has 18 heavy (non-hydrogen) atoms. The van der Waals surface area contributed by atoms with Gasteiger partial charge in [-0.1, -0.05) is 0 Å². The zero-order valence-electron chi connectivity index (χ0n) is 10.4. The van der Waals surface area contributed by atoms with Crippen molar-refractivity contribution >= 4 is 22.4 Å². The van der Waals surface area contributed by atoms with E-state index in [2.05, 4.69) is 10.3 Å². The summed E-state index contributed by atoms with van der Waals surface area (Å²) in [5.74, 6) is -0.998. The van der Waals surface area contributed by atoms with E-state index in [1.165, 1.54) is 11.3 Å². The second kappa shape index (κ2) is 5.21. The maximum atomic E-state index is 10.9. The number of aromatic nitrogens is 1. The highest BCUT2D eigenvalue weighted by molar-refractivity contribution is 7.15. The molecule has 0 aromatic carbocycles. The second-order valence-corrected chi connectivity index (χ2v) is 5.48. The van der Waals surface area contributed by atoms with E-state index in [9.17, 15) is 4.79 Å². The van der Waals surface area contributed by atoms with E-state index >= 15 is 0 Å². The fraction of sp³-hybridized carbons (Fsp3) is 0.636. The van der Waals surface area contributed by atoms with Gasteiger partial charge in [0.2, 0.25) is 0 Å². The van der Waals surface area contributed by atoms with Crippen molar-refractivity contribution in [1.29, 1.82) is 0 Å². The number of anilines is 1. The monoisotopic (exact) mass is 272 g/mol. The van der Waals surface area contributed by atoms with E-state index in [0.29, 0.717) is 29.8 Å². The Morgan fingerprint density at radius 3 is 3.00 bits per heavy atom. The van der Waals surface area contributed by atoms with Crippen LogP contribution in [0.1, 0.15) is 21.8 Å². The first-order chi connectivity index (χ1) is 8.56. The third kappa shape index (κ3) is 2.63. The lowest BCUT2D eigenvalue weighted by atomic mass is 10.0. The number of ether oxygens (including phenoxy) is 2. The van der Waals surface area contributed by atoms with Gasteiger partial charge in [-0.2, -0.15) is 0 Å². The summed E-state index contributed by atoms with van der Waals surface area (Å²) >= 11 is 1.34. The van der Waals surface area contributed by atoms with Crippen LogP contribution in [0.5, 0.6) is 0 Å². The zero-order chi connectivity index (χ0) is 13.2. The van der Waals surface area contributed by atoms with Gasteiger partial charge in [0.25, 0.3) is 0 Å². The van der Waals surface area contributed by atoms with E-state index in [1.54, 1.807) is 14.0 Å². The van der Waals surface area contributed by atoms with Crippen LogP contribution in [0.4, 0.5) is 5.13 Å². The van der Waals surface area contributed by atoms with Crippen molar-refractivity contribution in [2.75, 3.05) is 32.2 Å². The molecule has 1 fully saturated rings. The molecule has 1 atom stereocenters. The topological polar surface area (TPSA) is 80.7 Å². The fourth-order valence-electron chi connectivity index (χ4n) is 1.87. The SMILES string of the molecule is COC1(CNc2nc(C(=O)O)c(C)s2)CCOC1. The van der Waals surface area contributed by atoms with Crippen LogP contribution in [-0.4, -0.2) is 48.5 Å². The summed E-state index contributed by atoms with van der Waals surface area (Å²) in [7, 11) is 1.66. The first kappa shape index (κ1) is 13.3. The molecule has 2 rings (SSSR count). The van der Waals surface area contributed by atoms with Crippen LogP contribution in [0.25, 0.3) is 0 Å². The number of nitrogens with one attached hydrogen (secondary N) is 1. The Labute approximate surface area is 109 Å². The number of carbonyl (C=O) groups is 1. The summed E-state index contributed by atoms with van der Waals surface area (Å²) < 4.78 is 10.8. The maximum Gasteiger partial charge on any atom is 0.355 e. The number of methoxy groups -OCH3 is 1. The number of thiazole rings is 1. The molecule has 1 aromatic heterocycles. The molecular formula is C11H16N2O4S. The van der Waals surface area contributed by atoms with Crippen molar-refractivity contribution in [3.05, 3.63) is 10.6 Å². The standard InChI is InChI=1S/C11H16N2O4S/c1-7-8(9(14)15)13-10(18-7)12-5-11(16-2)3-4-17-6-11/h3-6H2,1-2H3,(H,12,13)(H,14,15). The van der Waals surface area contributed by atoms with Crippen LogP contribution >= 0.6 is 11.3 Å². The largest absolute Gasteiger partial charge is 0.476 e. The third-order valence-electron chi connectivity index (χ3n) is 3.06. The molecular weight excluding hydrogens is 256 g/mol. The molecule has 1 saturated heterocycles. The van der Waals surface area contributed by atoms with Crippen molar-refractivity contribution in [2.24, 2.45) is 0 Å². The molecule has 0 radical (unpaired) electrons. The number of aryl methyl sites for hydroxylation is 1. The van der Waals surface area contributed by atoms with Crippen LogP contribution in [0.15, 0.2) is 0 Å². The average molecular weight is 272 g/mol. The molecule has 6 nitrogen and oxygen atoms in total. The Balaban J connectivity index is 2.01. The number of hydrogen-bond donors (Lipinski definition) is 2. The minimum Gasteiger partial charge on any atom is -0.476 e. The van der Waals surface area contributed by atoms with E-state index in [-0.39, 0.29) is 11.3 Å². The summed E-state index contributed by atoms with van der Waals surface area (Å²) in [6.45, 7) is 3.55. The Morgan fingerprint density at radius 1 is 1.72 bits per heavy atom. The summed E-state index contributed by atoms with van der Waals surface area (Å²) in [6, 6.07) is 0. The van der Waals surface area contributed by atoms with Gasteiger partial charge in [0, 0.05) is 31.6 Å². The number of rotatable bonds is 5. The number of aromatic carboxylic acids is 1. The Morgan fingerprint density at radius 2 is 2.50 bits per heavy atom. The lowest BCUT2D eigenvalue weighted by Crippen LogP contribution is -2.39. The predicted octanol–water partition coefficient (Wildman–Crippen LogP) is 1.37. The molecule has 1 unspecified atom stereocenters. The Bertz CT molecular complexity index is 440. The van der Waals surface area contributed by atoms with Gasteiger partial charge in [-0.3, -0.25) is 0 Å². The molecule has 100 valence electrons. The lowest BCUT2D eigenvalue weighted by Gasteiger charge is -2.25. The van der Waals surface area contributed by atoms with Gasteiger partial charge >= 0.3 is 5.97 Å². The van der Waals surface area contributed by atoms with Crippen molar-refractivity contribution < 1.29 is 19.4 Å². The first-order valence-electron chi connectivity index (χ1n) is 5.64. The Kier molecular flexibility index (Phi) is 3.84. The van der Waals surface area contributed by atoms with Gasteiger partial charge in [0.15, 0.2) is 10.8 Å². The highest BCUT2D eigenvalue weighted by Gasteiger charge is 2.35. The fourth-order valence-corrected chi connectivity index (χ4v) is 2.67. The summed E-state index contributed by atoms with van der Waals surface area (Å²) in [5, 5.41) is 12.7. The molecule has 2 heterocycles. The van der Waals surface area contributed by atoms with Crippen LogP contribution in [0, 0.1) is 6.92 Å². The highest BCUT2D eigenvalue weighted by atomic mass is 32.1. The first-order valence-corrected chi connectivity index (χ1v) is 6.45. The van der Waals surface area contributed by atoms with Gasteiger partial charge in [-0.05, 0) is 6.92 Å². The predicted molar refractivity (Wildman–Crippen MR) is 67.5 cm³/mol. The van der Waals surface area contributed by atoms with Crippen LogP contribution in [-0.2, 0) is 9.47 Å². The Hall–Kier alpha value is -1.18. The van der Waals surface area contributed by atoms with E-state index in [0.717, 1.165) is 6.42 Å². The quantitative estimate of drug-likeness (QED) is 0.842. The molecule has 7 heteroatoms. The average Bonchev–Trinajstić information content (AvgIpc) is 2.94. The van der Waals surface area contributed by atoms with Gasteiger partial charge in [0.05, 0.1) is 6.61 Å². The van der Waals surface area contributed by atoms with Crippen molar-refractivity contribution in [3.63, 3.8) is 0 Å². The maximum absolute atomic E-state index is 10.9. The molecule has 1 aliphatic rings. The van der Waals surface area contributed by atoms with Crippen molar-refractivity contribution in [2.45, 2.75) is 18.9 Å². The van der Waals surface area contributed by atoms with E-state index in [4.69, 9.17) is 14.6 Å². The third-order valence-corrected chi connectivity index (χ3v) is 3.99. The molecule has 0 bridgehead atoms. The van der Waals surface area contributed by atoms with Gasteiger partial charge < -0.3 is 19.9 Å². The summed E-state index contributed by atoms with van der Waals surface area (Å²) in [4.78, 5) is 15.6. The van der Waals surface area contributed by atoms with Crippen molar-refractivity contribution in [1.82, 2.24) is 4.98 Å². The zero-order valence-corrected chi connectivity index (χ0v) is 11.2. The molecule has 0 spiro atoms. The number of carboxylic acid groups (broad SMARTS) is 1. The smallest absolute Gasteiger partial charge is 0.355 e.